The lowest BCUT2D eigenvalue weighted by molar-refractivity contribution is 0.474. The molecule has 0 aliphatic heterocycles. The number of halogens is 1. The van der Waals surface area contributed by atoms with Crippen molar-refractivity contribution in [2.75, 3.05) is 19.6 Å². The van der Waals surface area contributed by atoms with E-state index in [4.69, 9.17) is 0 Å². The van der Waals surface area contributed by atoms with Crippen LogP contribution in [-0.2, 0) is 13.0 Å². The van der Waals surface area contributed by atoms with E-state index in [1.54, 1.807) is 12.1 Å². The van der Waals surface area contributed by atoms with E-state index in [9.17, 15) is 5.11 Å². The molecule has 5 nitrogen and oxygen atoms in total. The number of aromatic hydroxyl groups is 1. The van der Waals surface area contributed by atoms with Gasteiger partial charge in [-0.05, 0) is 43.2 Å². The van der Waals surface area contributed by atoms with Gasteiger partial charge in [-0.2, -0.15) is 0 Å². The van der Waals surface area contributed by atoms with Crippen molar-refractivity contribution in [2.45, 2.75) is 19.9 Å². The zero-order valence-electron chi connectivity index (χ0n) is 13.4. The molecule has 2 aromatic rings. The van der Waals surface area contributed by atoms with Crippen molar-refractivity contribution in [1.29, 1.82) is 0 Å². The predicted molar refractivity (Wildman–Crippen MR) is 106 cm³/mol. The molecular formula is C17H25IN4O. The third kappa shape index (κ3) is 7.40. The molecule has 0 atom stereocenters. The minimum absolute atomic E-state index is 0. The molecule has 0 saturated heterocycles. The summed E-state index contributed by atoms with van der Waals surface area (Å²) in [6.45, 7) is 5.30. The van der Waals surface area contributed by atoms with Crippen LogP contribution in [0.25, 0.3) is 0 Å². The van der Waals surface area contributed by atoms with Gasteiger partial charge in [-0.15, -0.1) is 24.0 Å². The third-order valence-electron chi connectivity index (χ3n) is 3.25. The van der Waals surface area contributed by atoms with Gasteiger partial charge in [-0.3, -0.25) is 4.99 Å². The summed E-state index contributed by atoms with van der Waals surface area (Å²) in [7, 11) is 0. The number of hydrogen-bond acceptors (Lipinski definition) is 2. The summed E-state index contributed by atoms with van der Waals surface area (Å²) in [4.78, 5) is 4.56. The van der Waals surface area contributed by atoms with Crippen molar-refractivity contribution in [1.82, 2.24) is 15.2 Å². The van der Waals surface area contributed by atoms with Crippen LogP contribution in [0, 0.1) is 0 Å². The monoisotopic (exact) mass is 428 g/mol. The van der Waals surface area contributed by atoms with Gasteiger partial charge in [0, 0.05) is 38.6 Å². The minimum atomic E-state index is 0. The van der Waals surface area contributed by atoms with E-state index in [-0.39, 0.29) is 24.0 Å². The number of rotatable bonds is 7. The summed E-state index contributed by atoms with van der Waals surface area (Å²) < 4.78 is 2.13. The molecular weight excluding hydrogens is 403 g/mol. The van der Waals surface area contributed by atoms with Crippen molar-refractivity contribution >= 4 is 29.9 Å². The normalized spacial score (nSPS) is 10.9. The van der Waals surface area contributed by atoms with Crippen LogP contribution in [0.1, 0.15) is 12.5 Å². The summed E-state index contributed by atoms with van der Waals surface area (Å²) in [5.41, 5.74) is 1.09. The first kappa shape index (κ1) is 19.3. The Balaban J connectivity index is 0.00000264. The predicted octanol–water partition coefficient (Wildman–Crippen LogP) is 2.61. The number of guanidine groups is 1. The second kappa shape index (κ2) is 10.9. The molecule has 1 aromatic heterocycles. The van der Waals surface area contributed by atoms with Gasteiger partial charge in [0.1, 0.15) is 5.75 Å². The number of aromatic nitrogens is 1. The molecule has 23 heavy (non-hydrogen) atoms. The molecule has 0 aliphatic carbocycles. The van der Waals surface area contributed by atoms with Crippen LogP contribution >= 0.6 is 24.0 Å². The minimum Gasteiger partial charge on any atom is -0.508 e. The lowest BCUT2D eigenvalue weighted by Gasteiger charge is -2.11. The number of nitrogens with one attached hydrogen (secondary N) is 2. The molecule has 0 fully saturated rings. The van der Waals surface area contributed by atoms with Crippen LogP contribution in [-0.4, -0.2) is 35.3 Å². The van der Waals surface area contributed by atoms with Gasteiger partial charge in [0.05, 0.1) is 0 Å². The zero-order chi connectivity index (χ0) is 15.6. The van der Waals surface area contributed by atoms with Gasteiger partial charge >= 0.3 is 0 Å². The lowest BCUT2D eigenvalue weighted by atomic mass is 10.1. The highest BCUT2D eigenvalue weighted by Crippen LogP contribution is 2.11. The number of nitrogens with zero attached hydrogens (tertiary/aromatic N) is 2. The lowest BCUT2D eigenvalue weighted by Crippen LogP contribution is -2.39. The Kier molecular flexibility index (Phi) is 9.20. The standard InChI is InChI=1S/C17H24N4O.HI/c1-2-18-17(20-10-13-21-11-3-4-12-21)19-9-8-15-6-5-7-16(22)14-15;/h3-7,11-12,14,22H,2,8-10,13H2,1H3,(H2,18,19,20);1H. The fraction of sp³-hybridized carbons (Fsp3) is 0.353. The Morgan fingerprint density at radius 1 is 1.17 bits per heavy atom. The zero-order valence-corrected chi connectivity index (χ0v) is 15.7. The Labute approximate surface area is 154 Å². The van der Waals surface area contributed by atoms with Crippen molar-refractivity contribution in [3.05, 3.63) is 54.4 Å². The Bertz CT molecular complexity index is 584. The second-order valence-electron chi connectivity index (χ2n) is 5.03. The molecule has 1 heterocycles. The summed E-state index contributed by atoms with van der Waals surface area (Å²) in [5, 5.41) is 16.0. The number of aliphatic imine (C=N–C) groups is 1. The molecule has 1 aromatic carbocycles. The first-order chi connectivity index (χ1) is 10.8. The van der Waals surface area contributed by atoms with Gasteiger partial charge in [-0.1, -0.05) is 12.1 Å². The molecule has 6 heteroatoms. The Hall–Kier alpha value is -1.70. The van der Waals surface area contributed by atoms with Crippen LogP contribution in [0.3, 0.4) is 0 Å². The van der Waals surface area contributed by atoms with Gasteiger partial charge in [0.15, 0.2) is 5.96 Å². The molecule has 0 saturated carbocycles. The highest BCUT2D eigenvalue weighted by molar-refractivity contribution is 14.0. The molecule has 0 spiro atoms. The molecule has 3 N–H and O–H groups in total. The largest absolute Gasteiger partial charge is 0.508 e. The fourth-order valence-corrected chi connectivity index (χ4v) is 2.17. The van der Waals surface area contributed by atoms with E-state index in [0.717, 1.165) is 37.6 Å². The summed E-state index contributed by atoms with van der Waals surface area (Å²) in [6.07, 6.45) is 4.91. The average molecular weight is 428 g/mol. The summed E-state index contributed by atoms with van der Waals surface area (Å²) >= 11 is 0. The number of phenols is 1. The Morgan fingerprint density at radius 2 is 1.96 bits per heavy atom. The van der Waals surface area contributed by atoms with E-state index in [0.29, 0.717) is 12.3 Å². The maximum absolute atomic E-state index is 9.45. The van der Waals surface area contributed by atoms with Crippen LogP contribution in [0.15, 0.2) is 53.8 Å². The average Bonchev–Trinajstić information content (AvgIpc) is 3.01. The summed E-state index contributed by atoms with van der Waals surface area (Å²) in [5.74, 6) is 1.13. The Morgan fingerprint density at radius 3 is 2.65 bits per heavy atom. The van der Waals surface area contributed by atoms with Crippen LogP contribution in [0.5, 0.6) is 5.75 Å². The van der Waals surface area contributed by atoms with E-state index in [2.05, 4.69) is 27.1 Å². The van der Waals surface area contributed by atoms with E-state index < -0.39 is 0 Å². The number of hydrogen-bond donors (Lipinski definition) is 3. The third-order valence-corrected chi connectivity index (χ3v) is 3.25. The molecule has 0 unspecified atom stereocenters. The maximum Gasteiger partial charge on any atom is 0.191 e. The molecule has 126 valence electrons. The van der Waals surface area contributed by atoms with Crippen molar-refractivity contribution in [3.8, 4) is 5.75 Å². The van der Waals surface area contributed by atoms with E-state index in [1.165, 1.54) is 0 Å². The SMILES string of the molecule is CCNC(=NCCc1cccc(O)c1)NCCn1cccc1.I. The first-order valence-corrected chi connectivity index (χ1v) is 7.69. The quantitative estimate of drug-likeness (QED) is 0.361. The summed E-state index contributed by atoms with van der Waals surface area (Å²) in [6, 6.07) is 11.4. The topological polar surface area (TPSA) is 61.6 Å². The van der Waals surface area contributed by atoms with Gasteiger partial charge in [0.2, 0.25) is 0 Å². The molecule has 0 amide bonds. The highest BCUT2D eigenvalue weighted by Gasteiger charge is 1.98. The van der Waals surface area contributed by atoms with Gasteiger partial charge < -0.3 is 20.3 Å². The van der Waals surface area contributed by atoms with E-state index in [1.807, 2.05) is 36.7 Å². The fourth-order valence-electron chi connectivity index (χ4n) is 2.17. The van der Waals surface area contributed by atoms with Crippen molar-refractivity contribution in [2.24, 2.45) is 4.99 Å². The molecule has 0 bridgehead atoms. The second-order valence-corrected chi connectivity index (χ2v) is 5.03. The molecule has 2 rings (SSSR count). The number of phenolic OH excluding ortho intramolecular Hbond substituents is 1. The van der Waals surface area contributed by atoms with Gasteiger partial charge in [0.25, 0.3) is 0 Å². The highest BCUT2D eigenvalue weighted by atomic mass is 127. The maximum atomic E-state index is 9.45. The van der Waals surface area contributed by atoms with E-state index >= 15 is 0 Å². The van der Waals surface area contributed by atoms with Crippen molar-refractivity contribution < 1.29 is 5.11 Å². The van der Waals surface area contributed by atoms with Crippen LogP contribution in [0.4, 0.5) is 0 Å². The molecule has 0 radical (unpaired) electrons. The van der Waals surface area contributed by atoms with Crippen LogP contribution in [0.2, 0.25) is 0 Å². The molecule has 0 aliphatic rings. The van der Waals surface area contributed by atoms with Crippen LogP contribution < -0.4 is 10.6 Å². The van der Waals surface area contributed by atoms with Gasteiger partial charge in [-0.25, -0.2) is 0 Å². The van der Waals surface area contributed by atoms with Crippen molar-refractivity contribution in [3.63, 3.8) is 0 Å². The smallest absolute Gasteiger partial charge is 0.191 e. The first-order valence-electron chi connectivity index (χ1n) is 7.69. The number of benzene rings is 1.